The van der Waals surface area contributed by atoms with Gasteiger partial charge in [-0.1, -0.05) is 0 Å². The third kappa shape index (κ3) is 3.95. The van der Waals surface area contributed by atoms with Crippen LogP contribution in [0.1, 0.15) is 57.8 Å². The summed E-state index contributed by atoms with van der Waals surface area (Å²) >= 11 is 0. The minimum atomic E-state index is -0.512. The van der Waals surface area contributed by atoms with Crippen molar-refractivity contribution < 1.29 is 19.1 Å². The number of pyridine rings is 2. The third-order valence-electron chi connectivity index (χ3n) is 5.81. The number of esters is 2. The molecule has 4 aromatic rings. The minimum Gasteiger partial charge on any atom is -0.454 e. The van der Waals surface area contributed by atoms with Crippen molar-refractivity contribution in [1.29, 1.82) is 0 Å². The highest BCUT2D eigenvalue weighted by Gasteiger charge is 2.33. The fraction of sp³-hybridized carbons (Fsp3) is 0.333. The van der Waals surface area contributed by atoms with Gasteiger partial charge in [0.15, 0.2) is 11.4 Å². The zero-order valence-electron chi connectivity index (χ0n) is 18.0. The maximum Gasteiger partial charge on any atom is 0.358 e. The second-order valence-corrected chi connectivity index (χ2v) is 8.36. The fourth-order valence-electron chi connectivity index (χ4n) is 4.09. The number of aromatic nitrogens is 4. The van der Waals surface area contributed by atoms with E-state index in [-0.39, 0.29) is 11.4 Å². The van der Waals surface area contributed by atoms with Crippen LogP contribution in [0.15, 0.2) is 49.1 Å². The minimum absolute atomic E-state index is 0.238. The number of hydrogen-bond acceptors (Lipinski definition) is 6. The molecule has 0 radical (unpaired) electrons. The molecule has 0 bridgehead atoms. The predicted molar refractivity (Wildman–Crippen MR) is 117 cm³/mol. The van der Waals surface area contributed by atoms with Gasteiger partial charge >= 0.3 is 11.9 Å². The molecule has 1 aliphatic carbocycles. The summed E-state index contributed by atoms with van der Waals surface area (Å²) in [5.41, 5.74) is 3.97. The first-order chi connectivity index (χ1) is 15.5. The molecule has 1 aliphatic rings. The van der Waals surface area contributed by atoms with Gasteiger partial charge in [0.1, 0.15) is 23.5 Å². The molecule has 0 N–H and O–H groups in total. The second kappa shape index (κ2) is 8.11. The van der Waals surface area contributed by atoms with Gasteiger partial charge in [-0.25, -0.2) is 19.6 Å². The van der Waals surface area contributed by atoms with Crippen LogP contribution >= 0.6 is 0 Å². The normalized spacial score (nSPS) is 18.7. The first-order valence-corrected chi connectivity index (χ1v) is 10.8. The summed E-state index contributed by atoms with van der Waals surface area (Å²) in [4.78, 5) is 34.3. The number of nitrogens with zero attached hydrogens (tertiary/aromatic N) is 4. The molecular weight excluding hydrogens is 408 g/mol. The summed E-state index contributed by atoms with van der Waals surface area (Å²) in [7, 11) is 0. The van der Waals surface area contributed by atoms with Crippen LogP contribution in [0.25, 0.3) is 11.3 Å². The molecule has 8 heteroatoms. The first kappa shape index (κ1) is 20.2. The van der Waals surface area contributed by atoms with Crippen LogP contribution < -0.4 is 0 Å². The van der Waals surface area contributed by atoms with Crippen molar-refractivity contribution in [1.82, 2.24) is 18.8 Å². The molecule has 164 valence electrons. The number of carbonyl (C=O) groups excluding carboxylic acids is 2. The van der Waals surface area contributed by atoms with E-state index >= 15 is 0 Å². The van der Waals surface area contributed by atoms with Crippen LogP contribution in [0.3, 0.4) is 0 Å². The fourth-order valence-corrected chi connectivity index (χ4v) is 4.09. The molecule has 0 aliphatic heterocycles. The molecule has 32 heavy (non-hydrogen) atoms. The lowest BCUT2D eigenvalue weighted by Crippen LogP contribution is -2.38. The molecule has 0 saturated heterocycles. The average Bonchev–Trinajstić information content (AvgIpc) is 3.38. The Bertz CT molecular complexity index is 1220. The molecule has 0 spiro atoms. The summed E-state index contributed by atoms with van der Waals surface area (Å²) in [6.45, 7) is 3.94. The van der Waals surface area contributed by atoms with Crippen LogP contribution in [0.4, 0.5) is 0 Å². The standard InChI is InChI=1S/C24H24N4O4/c1-15-7-9-27-13-17(25-21(27)11-15)23(29)31-19-5-3-4-6-20(19)32-24(30)18-14-28-10-8-16(2)12-22(28)26-18/h7-14,19-20H,3-6H2,1-2H3/t19-,20-/m1/s1. The van der Waals surface area contributed by atoms with E-state index in [0.29, 0.717) is 24.1 Å². The molecule has 1 fully saturated rings. The van der Waals surface area contributed by atoms with Crippen molar-refractivity contribution >= 4 is 23.2 Å². The number of aryl methyl sites for hydroxylation is 2. The Morgan fingerprint density at radius 1 is 0.812 bits per heavy atom. The monoisotopic (exact) mass is 432 g/mol. The number of hydrogen-bond donors (Lipinski definition) is 0. The van der Waals surface area contributed by atoms with E-state index in [1.54, 1.807) is 21.2 Å². The SMILES string of the molecule is Cc1ccn2cc(C(=O)O[C@@H]3CCCC[C@H]3OC(=O)c3cn4ccc(C)cc4n3)nc2c1. The highest BCUT2D eigenvalue weighted by molar-refractivity contribution is 5.89. The summed E-state index contributed by atoms with van der Waals surface area (Å²) in [6, 6.07) is 7.69. The second-order valence-electron chi connectivity index (χ2n) is 8.36. The molecule has 4 aromatic heterocycles. The van der Waals surface area contributed by atoms with Gasteiger partial charge < -0.3 is 18.3 Å². The molecule has 0 amide bonds. The molecule has 8 nitrogen and oxygen atoms in total. The van der Waals surface area contributed by atoms with Crippen molar-refractivity contribution in [2.24, 2.45) is 0 Å². The van der Waals surface area contributed by atoms with Gasteiger partial charge in [-0.15, -0.1) is 0 Å². The van der Waals surface area contributed by atoms with Gasteiger partial charge in [0.2, 0.25) is 0 Å². The maximum atomic E-state index is 12.8. The lowest BCUT2D eigenvalue weighted by Gasteiger charge is -2.30. The summed E-state index contributed by atoms with van der Waals surface area (Å²) in [5, 5.41) is 0. The lowest BCUT2D eigenvalue weighted by molar-refractivity contribution is -0.0518. The largest absolute Gasteiger partial charge is 0.454 e. The van der Waals surface area contributed by atoms with Crippen LogP contribution in [0.5, 0.6) is 0 Å². The Hall–Kier alpha value is -3.68. The van der Waals surface area contributed by atoms with Crippen LogP contribution in [-0.2, 0) is 9.47 Å². The molecule has 0 aromatic carbocycles. The molecule has 5 rings (SSSR count). The number of fused-ring (bicyclic) bond motifs is 2. The summed E-state index contributed by atoms with van der Waals surface area (Å²) in [5.74, 6) is -1.02. The van der Waals surface area contributed by atoms with Gasteiger partial charge in [-0.2, -0.15) is 0 Å². The summed E-state index contributed by atoms with van der Waals surface area (Å²) < 4.78 is 15.1. The van der Waals surface area contributed by atoms with Crippen LogP contribution in [0.2, 0.25) is 0 Å². The smallest absolute Gasteiger partial charge is 0.358 e. The highest BCUT2D eigenvalue weighted by atomic mass is 16.6. The summed E-state index contributed by atoms with van der Waals surface area (Å²) in [6.07, 6.45) is 9.09. The maximum absolute atomic E-state index is 12.8. The topological polar surface area (TPSA) is 87.2 Å². The number of rotatable bonds is 4. The van der Waals surface area contributed by atoms with E-state index in [1.807, 2.05) is 50.5 Å². The van der Waals surface area contributed by atoms with E-state index < -0.39 is 24.1 Å². The van der Waals surface area contributed by atoms with E-state index in [1.165, 1.54) is 0 Å². The van der Waals surface area contributed by atoms with Gasteiger partial charge in [0.05, 0.1) is 0 Å². The van der Waals surface area contributed by atoms with Crippen molar-refractivity contribution in [3.05, 3.63) is 71.6 Å². The van der Waals surface area contributed by atoms with Gasteiger partial charge in [0.25, 0.3) is 0 Å². The molecule has 2 atom stereocenters. The van der Waals surface area contributed by atoms with Gasteiger partial charge in [-0.05, 0) is 74.9 Å². The Balaban J connectivity index is 1.30. The highest BCUT2D eigenvalue weighted by Crippen LogP contribution is 2.26. The average molecular weight is 432 g/mol. The van der Waals surface area contributed by atoms with Crippen molar-refractivity contribution in [2.75, 3.05) is 0 Å². The Morgan fingerprint density at radius 2 is 1.25 bits per heavy atom. The molecule has 4 heterocycles. The van der Waals surface area contributed by atoms with Gasteiger partial charge in [0, 0.05) is 24.8 Å². The van der Waals surface area contributed by atoms with E-state index in [9.17, 15) is 9.59 Å². The molecular formula is C24H24N4O4. The van der Waals surface area contributed by atoms with E-state index in [0.717, 1.165) is 24.0 Å². The number of imidazole rings is 2. The third-order valence-corrected chi connectivity index (χ3v) is 5.81. The van der Waals surface area contributed by atoms with E-state index in [2.05, 4.69) is 9.97 Å². The Labute approximate surface area is 184 Å². The molecule has 1 saturated carbocycles. The van der Waals surface area contributed by atoms with Crippen LogP contribution in [-0.4, -0.2) is 42.9 Å². The quantitative estimate of drug-likeness (QED) is 0.454. The molecule has 0 unspecified atom stereocenters. The zero-order chi connectivity index (χ0) is 22.2. The van der Waals surface area contributed by atoms with E-state index in [4.69, 9.17) is 9.47 Å². The van der Waals surface area contributed by atoms with Gasteiger partial charge in [-0.3, -0.25) is 0 Å². The Morgan fingerprint density at radius 3 is 1.69 bits per heavy atom. The van der Waals surface area contributed by atoms with Crippen molar-refractivity contribution in [3.63, 3.8) is 0 Å². The van der Waals surface area contributed by atoms with Crippen molar-refractivity contribution in [3.8, 4) is 0 Å². The Kier molecular flexibility index (Phi) is 5.13. The first-order valence-electron chi connectivity index (χ1n) is 10.8. The lowest BCUT2D eigenvalue weighted by atomic mass is 9.94. The van der Waals surface area contributed by atoms with Crippen LogP contribution in [0, 0.1) is 13.8 Å². The van der Waals surface area contributed by atoms with Crippen molar-refractivity contribution in [2.45, 2.75) is 51.7 Å². The predicted octanol–water partition coefficient (Wildman–Crippen LogP) is 3.92. The number of carbonyl (C=O) groups is 2. The zero-order valence-corrected chi connectivity index (χ0v) is 18.0. The number of ether oxygens (including phenoxy) is 2.